The zero-order chi connectivity index (χ0) is 14.4. The summed E-state index contributed by atoms with van der Waals surface area (Å²) in [6.07, 6.45) is 7.98. The number of nitrogens with zero attached hydrogens (tertiary/aromatic N) is 1. The molecule has 1 aromatic carbocycles. The standard InChI is InChI=1S/C17H27FN2/c1-2-20(16-10-8-15(18)9-11-16)17(13-19)12-14-6-4-3-5-7-14/h8-11,14,17H,2-7,12-13,19H2,1H3. The molecule has 1 aliphatic carbocycles. The number of rotatable bonds is 6. The van der Waals surface area contributed by atoms with Crippen LogP contribution < -0.4 is 10.6 Å². The molecule has 1 unspecified atom stereocenters. The quantitative estimate of drug-likeness (QED) is 0.853. The van der Waals surface area contributed by atoms with Gasteiger partial charge in [0, 0.05) is 24.8 Å². The lowest BCUT2D eigenvalue weighted by atomic mass is 9.84. The molecule has 0 spiro atoms. The van der Waals surface area contributed by atoms with Gasteiger partial charge >= 0.3 is 0 Å². The first-order valence-corrected chi connectivity index (χ1v) is 7.96. The van der Waals surface area contributed by atoms with E-state index in [1.165, 1.54) is 50.7 Å². The molecular weight excluding hydrogens is 251 g/mol. The minimum Gasteiger partial charge on any atom is -0.368 e. The molecule has 112 valence electrons. The molecule has 1 aromatic rings. The molecule has 1 saturated carbocycles. The highest BCUT2D eigenvalue weighted by molar-refractivity contribution is 5.47. The van der Waals surface area contributed by atoms with E-state index in [9.17, 15) is 4.39 Å². The Morgan fingerprint density at radius 2 is 1.85 bits per heavy atom. The highest BCUT2D eigenvalue weighted by Crippen LogP contribution is 2.29. The molecule has 0 saturated heterocycles. The minimum absolute atomic E-state index is 0.179. The van der Waals surface area contributed by atoms with E-state index in [0.29, 0.717) is 12.6 Å². The van der Waals surface area contributed by atoms with Gasteiger partial charge in [0.2, 0.25) is 0 Å². The third kappa shape index (κ3) is 3.95. The van der Waals surface area contributed by atoms with Crippen molar-refractivity contribution in [1.29, 1.82) is 0 Å². The van der Waals surface area contributed by atoms with Crippen LogP contribution in [0.2, 0.25) is 0 Å². The van der Waals surface area contributed by atoms with Gasteiger partial charge in [0.25, 0.3) is 0 Å². The van der Waals surface area contributed by atoms with Gasteiger partial charge in [0.1, 0.15) is 5.82 Å². The van der Waals surface area contributed by atoms with Crippen molar-refractivity contribution in [3.63, 3.8) is 0 Å². The summed E-state index contributed by atoms with van der Waals surface area (Å²) < 4.78 is 13.1. The van der Waals surface area contributed by atoms with Crippen LogP contribution in [0, 0.1) is 11.7 Å². The van der Waals surface area contributed by atoms with Gasteiger partial charge in [-0.05, 0) is 43.5 Å². The first kappa shape index (κ1) is 15.3. The van der Waals surface area contributed by atoms with E-state index in [0.717, 1.165) is 18.2 Å². The first-order chi connectivity index (χ1) is 9.74. The maximum atomic E-state index is 13.1. The van der Waals surface area contributed by atoms with E-state index in [1.807, 2.05) is 12.1 Å². The van der Waals surface area contributed by atoms with Crippen molar-refractivity contribution in [2.75, 3.05) is 18.0 Å². The van der Waals surface area contributed by atoms with Gasteiger partial charge in [-0.1, -0.05) is 32.1 Å². The Morgan fingerprint density at radius 3 is 2.40 bits per heavy atom. The van der Waals surface area contributed by atoms with E-state index in [1.54, 1.807) is 0 Å². The lowest BCUT2D eigenvalue weighted by Crippen LogP contribution is -2.42. The molecule has 1 aliphatic rings. The topological polar surface area (TPSA) is 29.3 Å². The van der Waals surface area contributed by atoms with Crippen molar-refractivity contribution in [2.24, 2.45) is 11.7 Å². The van der Waals surface area contributed by atoms with Gasteiger partial charge in [-0.3, -0.25) is 0 Å². The molecule has 0 heterocycles. The molecule has 0 radical (unpaired) electrons. The predicted molar refractivity (Wildman–Crippen MR) is 83.5 cm³/mol. The average molecular weight is 278 g/mol. The number of nitrogens with two attached hydrogens (primary N) is 1. The number of hydrogen-bond acceptors (Lipinski definition) is 2. The maximum absolute atomic E-state index is 13.1. The highest BCUT2D eigenvalue weighted by Gasteiger charge is 2.22. The number of halogens is 1. The van der Waals surface area contributed by atoms with E-state index in [2.05, 4.69) is 11.8 Å². The summed E-state index contributed by atoms with van der Waals surface area (Å²) in [4.78, 5) is 2.33. The molecule has 0 aromatic heterocycles. The molecule has 2 nitrogen and oxygen atoms in total. The lowest BCUT2D eigenvalue weighted by Gasteiger charge is -2.35. The summed E-state index contributed by atoms with van der Waals surface area (Å²) in [6, 6.07) is 7.16. The van der Waals surface area contributed by atoms with Gasteiger partial charge in [0.15, 0.2) is 0 Å². The van der Waals surface area contributed by atoms with Crippen LogP contribution in [-0.2, 0) is 0 Å². The van der Waals surface area contributed by atoms with Crippen LogP contribution in [0.1, 0.15) is 45.4 Å². The summed E-state index contributed by atoms with van der Waals surface area (Å²) in [5, 5.41) is 0. The van der Waals surface area contributed by atoms with Gasteiger partial charge in [-0.25, -0.2) is 4.39 Å². The highest BCUT2D eigenvalue weighted by atomic mass is 19.1. The molecule has 0 amide bonds. The Morgan fingerprint density at radius 1 is 1.20 bits per heavy atom. The second kappa shape index (κ2) is 7.63. The van der Waals surface area contributed by atoms with Crippen molar-refractivity contribution in [3.8, 4) is 0 Å². The van der Waals surface area contributed by atoms with Crippen LogP contribution in [0.4, 0.5) is 10.1 Å². The molecule has 3 heteroatoms. The normalized spacial score (nSPS) is 17.9. The number of anilines is 1. The average Bonchev–Trinajstić information content (AvgIpc) is 2.49. The van der Waals surface area contributed by atoms with Gasteiger partial charge < -0.3 is 10.6 Å². The Bertz CT molecular complexity index is 384. The molecule has 0 bridgehead atoms. The van der Waals surface area contributed by atoms with Crippen molar-refractivity contribution in [3.05, 3.63) is 30.1 Å². The van der Waals surface area contributed by atoms with Crippen molar-refractivity contribution < 1.29 is 4.39 Å². The van der Waals surface area contributed by atoms with E-state index in [-0.39, 0.29) is 5.82 Å². The summed E-state index contributed by atoms with van der Waals surface area (Å²) in [6.45, 7) is 3.73. The van der Waals surface area contributed by atoms with Crippen LogP contribution in [0.25, 0.3) is 0 Å². The predicted octanol–water partition coefficient (Wildman–Crippen LogP) is 3.95. The number of likely N-dealkylation sites (N-methyl/N-ethyl adjacent to an activating group) is 1. The van der Waals surface area contributed by atoms with Crippen molar-refractivity contribution in [1.82, 2.24) is 0 Å². The summed E-state index contributed by atoms with van der Waals surface area (Å²) in [5.41, 5.74) is 7.10. The summed E-state index contributed by atoms with van der Waals surface area (Å²) in [5.74, 6) is 0.633. The Hall–Kier alpha value is -1.09. The minimum atomic E-state index is -0.179. The smallest absolute Gasteiger partial charge is 0.123 e. The largest absolute Gasteiger partial charge is 0.368 e. The lowest BCUT2D eigenvalue weighted by molar-refractivity contribution is 0.314. The molecule has 2 rings (SSSR count). The van der Waals surface area contributed by atoms with Gasteiger partial charge in [-0.15, -0.1) is 0 Å². The van der Waals surface area contributed by atoms with E-state index in [4.69, 9.17) is 5.73 Å². The second-order valence-electron chi connectivity index (χ2n) is 5.89. The Balaban J connectivity index is 2.04. The van der Waals surface area contributed by atoms with Gasteiger partial charge in [0.05, 0.1) is 0 Å². The zero-order valence-electron chi connectivity index (χ0n) is 12.5. The molecular formula is C17H27FN2. The van der Waals surface area contributed by atoms with Crippen LogP contribution in [0.3, 0.4) is 0 Å². The van der Waals surface area contributed by atoms with Crippen LogP contribution >= 0.6 is 0 Å². The molecule has 1 fully saturated rings. The Kier molecular flexibility index (Phi) is 5.84. The second-order valence-corrected chi connectivity index (χ2v) is 5.89. The fourth-order valence-electron chi connectivity index (χ4n) is 3.44. The fraction of sp³-hybridized carbons (Fsp3) is 0.647. The molecule has 1 atom stereocenters. The third-order valence-corrected chi connectivity index (χ3v) is 4.54. The van der Waals surface area contributed by atoms with E-state index >= 15 is 0 Å². The SMILES string of the molecule is CCN(c1ccc(F)cc1)C(CN)CC1CCCCC1. The summed E-state index contributed by atoms with van der Waals surface area (Å²) >= 11 is 0. The fourth-order valence-corrected chi connectivity index (χ4v) is 3.44. The zero-order valence-corrected chi connectivity index (χ0v) is 12.5. The van der Waals surface area contributed by atoms with Crippen LogP contribution in [0.15, 0.2) is 24.3 Å². The van der Waals surface area contributed by atoms with Crippen molar-refractivity contribution in [2.45, 2.75) is 51.5 Å². The van der Waals surface area contributed by atoms with Gasteiger partial charge in [-0.2, -0.15) is 0 Å². The number of hydrogen-bond donors (Lipinski definition) is 1. The molecule has 20 heavy (non-hydrogen) atoms. The number of benzene rings is 1. The van der Waals surface area contributed by atoms with Crippen molar-refractivity contribution >= 4 is 5.69 Å². The molecule has 2 N–H and O–H groups in total. The first-order valence-electron chi connectivity index (χ1n) is 7.96. The van der Waals surface area contributed by atoms with Crippen LogP contribution in [0.5, 0.6) is 0 Å². The molecule has 0 aliphatic heterocycles. The van der Waals surface area contributed by atoms with E-state index < -0.39 is 0 Å². The maximum Gasteiger partial charge on any atom is 0.123 e. The summed E-state index contributed by atoms with van der Waals surface area (Å²) in [7, 11) is 0. The Labute approximate surface area is 122 Å². The van der Waals surface area contributed by atoms with Crippen LogP contribution in [-0.4, -0.2) is 19.1 Å². The monoisotopic (exact) mass is 278 g/mol. The third-order valence-electron chi connectivity index (χ3n) is 4.54.